The lowest BCUT2D eigenvalue weighted by molar-refractivity contribution is -0.133. The molecule has 0 aliphatic carbocycles. The van der Waals surface area contributed by atoms with Gasteiger partial charge >= 0.3 is 5.76 Å². The van der Waals surface area contributed by atoms with Gasteiger partial charge < -0.3 is 9.32 Å². The van der Waals surface area contributed by atoms with E-state index in [2.05, 4.69) is 17.5 Å². The van der Waals surface area contributed by atoms with Crippen LogP contribution in [0.1, 0.15) is 21.4 Å². The number of aromatic nitrogens is 1. The Morgan fingerprint density at radius 2 is 2.00 bits per heavy atom. The molecule has 136 valence electrons. The first-order valence-electron chi connectivity index (χ1n) is 8.70. The first kappa shape index (κ1) is 16.5. The van der Waals surface area contributed by atoms with Gasteiger partial charge in [0.2, 0.25) is 5.91 Å². The Morgan fingerprint density at radius 3 is 2.85 bits per heavy atom. The Labute approximate surface area is 163 Å². The summed E-state index contributed by atoms with van der Waals surface area (Å²) >= 11 is 3.40. The molecular weight excluding hydrogens is 380 g/mol. The Kier molecular flexibility index (Phi) is 3.98. The highest BCUT2D eigenvalue weighted by molar-refractivity contribution is 7.10. The van der Waals surface area contributed by atoms with Crippen LogP contribution in [0.3, 0.4) is 0 Å². The fourth-order valence-corrected chi connectivity index (χ4v) is 5.49. The summed E-state index contributed by atoms with van der Waals surface area (Å²) in [5, 5.41) is 4.13. The summed E-state index contributed by atoms with van der Waals surface area (Å²) in [5.41, 5.74) is 2.35. The lowest BCUT2D eigenvalue weighted by Gasteiger charge is -2.35. The highest BCUT2D eigenvalue weighted by Crippen LogP contribution is 2.39. The molecule has 0 fully saturated rings. The lowest BCUT2D eigenvalue weighted by atomic mass is 9.98. The maximum Gasteiger partial charge on any atom is 0.420 e. The van der Waals surface area contributed by atoms with Crippen LogP contribution in [0.2, 0.25) is 0 Å². The van der Waals surface area contributed by atoms with Gasteiger partial charge in [0.15, 0.2) is 5.58 Å². The van der Waals surface area contributed by atoms with Gasteiger partial charge in [-0.25, -0.2) is 4.79 Å². The molecule has 1 aliphatic rings. The molecule has 1 amide bonds. The molecule has 4 heterocycles. The molecule has 5 nitrogen and oxygen atoms in total. The minimum absolute atomic E-state index is 0.0167. The van der Waals surface area contributed by atoms with Crippen molar-refractivity contribution in [2.75, 3.05) is 6.54 Å². The van der Waals surface area contributed by atoms with Gasteiger partial charge in [0.25, 0.3) is 0 Å². The zero-order valence-corrected chi connectivity index (χ0v) is 16.0. The largest absolute Gasteiger partial charge is 0.420 e. The molecule has 1 atom stereocenters. The van der Waals surface area contributed by atoms with E-state index in [0.29, 0.717) is 17.6 Å². The number of hydrogen-bond donors (Lipinski definition) is 0. The summed E-state index contributed by atoms with van der Waals surface area (Å²) in [5.74, 6) is -0.565. The summed E-state index contributed by atoms with van der Waals surface area (Å²) in [4.78, 5) is 29.9. The number of oxazole rings is 1. The van der Waals surface area contributed by atoms with Crippen molar-refractivity contribution in [1.82, 2.24) is 9.47 Å². The van der Waals surface area contributed by atoms with Crippen molar-refractivity contribution in [1.29, 1.82) is 0 Å². The first-order chi connectivity index (χ1) is 13.2. The van der Waals surface area contributed by atoms with Crippen LogP contribution >= 0.6 is 22.7 Å². The SMILES string of the molecule is O=C(Cn1c(=O)oc2ccccc21)N1CCc2sccc2C1c1cccs1. The van der Waals surface area contributed by atoms with E-state index in [9.17, 15) is 9.59 Å². The van der Waals surface area contributed by atoms with E-state index in [1.807, 2.05) is 28.5 Å². The number of amides is 1. The van der Waals surface area contributed by atoms with E-state index >= 15 is 0 Å². The summed E-state index contributed by atoms with van der Waals surface area (Å²) < 4.78 is 6.69. The number of fused-ring (bicyclic) bond motifs is 2. The third-order valence-electron chi connectivity index (χ3n) is 4.97. The number of carbonyl (C=O) groups is 1. The average molecular weight is 396 g/mol. The van der Waals surface area contributed by atoms with Crippen LogP contribution in [0.15, 0.2) is 62.4 Å². The van der Waals surface area contributed by atoms with Crippen LogP contribution in [0.4, 0.5) is 0 Å². The minimum atomic E-state index is -0.495. The fraction of sp³-hybridized carbons (Fsp3) is 0.200. The van der Waals surface area contributed by atoms with Crippen molar-refractivity contribution >= 4 is 39.7 Å². The van der Waals surface area contributed by atoms with Crippen LogP contribution in [0.5, 0.6) is 0 Å². The number of nitrogens with zero attached hydrogens (tertiary/aromatic N) is 2. The van der Waals surface area contributed by atoms with Crippen molar-refractivity contribution in [3.05, 3.63) is 79.1 Å². The molecule has 0 radical (unpaired) electrons. The molecule has 0 saturated carbocycles. The van der Waals surface area contributed by atoms with Gasteiger partial charge in [-0.1, -0.05) is 18.2 Å². The Balaban J connectivity index is 1.52. The maximum absolute atomic E-state index is 13.2. The van der Waals surface area contributed by atoms with E-state index in [-0.39, 0.29) is 18.5 Å². The van der Waals surface area contributed by atoms with Crippen LogP contribution in [0.25, 0.3) is 11.1 Å². The normalized spacial score (nSPS) is 16.6. The van der Waals surface area contributed by atoms with Crippen LogP contribution in [-0.4, -0.2) is 21.9 Å². The molecule has 7 heteroatoms. The van der Waals surface area contributed by atoms with Crippen molar-refractivity contribution in [3.63, 3.8) is 0 Å². The molecule has 4 aromatic rings. The van der Waals surface area contributed by atoms with Crippen LogP contribution in [-0.2, 0) is 17.8 Å². The smallest absolute Gasteiger partial charge is 0.408 e. The van der Waals surface area contributed by atoms with Gasteiger partial charge in [0, 0.05) is 16.3 Å². The van der Waals surface area contributed by atoms with E-state index in [4.69, 9.17) is 4.42 Å². The highest BCUT2D eigenvalue weighted by Gasteiger charge is 2.33. The Morgan fingerprint density at radius 1 is 1.11 bits per heavy atom. The van der Waals surface area contributed by atoms with Crippen molar-refractivity contribution in [3.8, 4) is 0 Å². The maximum atomic E-state index is 13.2. The zero-order chi connectivity index (χ0) is 18.4. The van der Waals surface area contributed by atoms with Gasteiger partial charge in [0.1, 0.15) is 6.54 Å². The third-order valence-corrected chi connectivity index (χ3v) is 6.89. The summed E-state index contributed by atoms with van der Waals surface area (Å²) in [6, 6.07) is 13.3. The molecular formula is C20H16N2O3S2. The second-order valence-corrected chi connectivity index (χ2v) is 8.46. The quantitative estimate of drug-likeness (QED) is 0.528. The van der Waals surface area contributed by atoms with Crippen LogP contribution < -0.4 is 5.76 Å². The summed E-state index contributed by atoms with van der Waals surface area (Å²) in [7, 11) is 0. The molecule has 0 bridgehead atoms. The topological polar surface area (TPSA) is 55.5 Å². The number of carbonyl (C=O) groups excluding carboxylic acids is 1. The lowest BCUT2D eigenvalue weighted by Crippen LogP contribution is -2.42. The van der Waals surface area contributed by atoms with Gasteiger partial charge in [-0.2, -0.15) is 0 Å². The first-order valence-corrected chi connectivity index (χ1v) is 10.5. The van der Waals surface area contributed by atoms with Gasteiger partial charge in [-0.15, -0.1) is 22.7 Å². The van der Waals surface area contributed by atoms with Crippen LogP contribution in [0, 0.1) is 0 Å². The molecule has 0 N–H and O–H groups in total. The molecule has 5 rings (SSSR count). The second-order valence-electron chi connectivity index (χ2n) is 6.48. The number of para-hydroxylation sites is 2. The van der Waals surface area contributed by atoms with E-state index in [0.717, 1.165) is 11.3 Å². The standard InChI is InChI=1S/C20H16N2O3S2/c23-18(12-22-14-4-1-2-5-15(14)25-20(22)24)21-9-7-16-13(8-11-27-16)19(21)17-6-3-10-26-17/h1-6,8,10-11,19H,7,9,12H2. The monoisotopic (exact) mass is 396 g/mol. The van der Waals surface area contributed by atoms with Gasteiger partial charge in [-0.3, -0.25) is 9.36 Å². The summed E-state index contributed by atoms with van der Waals surface area (Å²) in [6.45, 7) is 0.636. The van der Waals surface area contributed by atoms with Crippen molar-refractivity contribution in [2.45, 2.75) is 19.0 Å². The zero-order valence-electron chi connectivity index (χ0n) is 14.3. The van der Waals surface area contributed by atoms with E-state index in [1.54, 1.807) is 34.8 Å². The summed E-state index contributed by atoms with van der Waals surface area (Å²) in [6.07, 6.45) is 0.849. The molecule has 0 spiro atoms. The van der Waals surface area contributed by atoms with Gasteiger partial charge in [-0.05, 0) is 47.0 Å². The molecule has 0 saturated heterocycles. The van der Waals surface area contributed by atoms with Gasteiger partial charge in [0.05, 0.1) is 11.6 Å². The predicted octanol–water partition coefficient (Wildman–Crippen LogP) is 3.89. The van der Waals surface area contributed by atoms with Crippen molar-refractivity contribution in [2.24, 2.45) is 0 Å². The molecule has 1 aromatic carbocycles. The molecule has 1 unspecified atom stereocenters. The minimum Gasteiger partial charge on any atom is -0.408 e. The number of hydrogen-bond acceptors (Lipinski definition) is 5. The van der Waals surface area contributed by atoms with E-state index < -0.39 is 5.76 Å². The number of rotatable bonds is 3. The average Bonchev–Trinajstić information content (AvgIpc) is 3.41. The number of thiophene rings is 2. The molecule has 1 aliphatic heterocycles. The molecule has 27 heavy (non-hydrogen) atoms. The Hall–Kier alpha value is -2.64. The predicted molar refractivity (Wildman–Crippen MR) is 106 cm³/mol. The fourth-order valence-electron chi connectivity index (χ4n) is 3.73. The number of benzene rings is 1. The highest BCUT2D eigenvalue weighted by atomic mass is 32.1. The molecule has 3 aromatic heterocycles. The Bertz CT molecular complexity index is 1170. The second kappa shape index (κ2) is 6.51. The van der Waals surface area contributed by atoms with E-state index in [1.165, 1.54) is 15.0 Å². The van der Waals surface area contributed by atoms with Crippen molar-refractivity contribution < 1.29 is 9.21 Å². The third kappa shape index (κ3) is 2.74.